The second kappa shape index (κ2) is 5.70. The molecule has 5 nitrogen and oxygen atoms in total. The molecule has 86 valence electrons. The summed E-state index contributed by atoms with van der Waals surface area (Å²) in [5.41, 5.74) is 0. The van der Waals surface area contributed by atoms with Crippen LogP contribution in [0.5, 0.6) is 0 Å². The van der Waals surface area contributed by atoms with E-state index in [0.29, 0.717) is 12.5 Å². The smallest absolute Gasteiger partial charge is 0.305 e. The average Bonchev–Trinajstić information content (AvgIpc) is 2.85. The van der Waals surface area contributed by atoms with E-state index < -0.39 is 5.97 Å². The number of nitrogens with one attached hydrogen (secondary N) is 1. The SMILES string of the molecule is C[C@@H](CC(=O)O)NC(=O)COCC1CC1. The molecule has 5 heteroatoms. The quantitative estimate of drug-likeness (QED) is 0.644. The van der Waals surface area contributed by atoms with Gasteiger partial charge in [-0.1, -0.05) is 0 Å². The first-order chi connectivity index (χ1) is 7.08. The van der Waals surface area contributed by atoms with Gasteiger partial charge in [0.05, 0.1) is 13.0 Å². The van der Waals surface area contributed by atoms with E-state index in [2.05, 4.69) is 5.32 Å². The Hall–Kier alpha value is -1.10. The van der Waals surface area contributed by atoms with Gasteiger partial charge < -0.3 is 15.2 Å². The standard InChI is InChI=1S/C10H17NO4/c1-7(4-10(13)14)11-9(12)6-15-5-8-2-3-8/h7-8H,2-6H2,1H3,(H,11,12)(H,13,14)/t7-/m0/s1. The van der Waals surface area contributed by atoms with Crippen LogP contribution in [0.2, 0.25) is 0 Å². The van der Waals surface area contributed by atoms with Gasteiger partial charge in [-0.25, -0.2) is 0 Å². The third-order valence-corrected chi connectivity index (χ3v) is 2.17. The van der Waals surface area contributed by atoms with E-state index in [-0.39, 0.29) is 25.0 Å². The van der Waals surface area contributed by atoms with E-state index in [1.165, 1.54) is 12.8 Å². The molecule has 0 aromatic rings. The highest BCUT2D eigenvalue weighted by Gasteiger charge is 2.21. The minimum Gasteiger partial charge on any atom is -0.481 e. The topological polar surface area (TPSA) is 75.6 Å². The van der Waals surface area contributed by atoms with Crippen molar-refractivity contribution < 1.29 is 19.4 Å². The lowest BCUT2D eigenvalue weighted by atomic mass is 10.2. The van der Waals surface area contributed by atoms with Crippen molar-refractivity contribution in [2.24, 2.45) is 5.92 Å². The number of carboxylic acid groups (broad SMARTS) is 1. The Labute approximate surface area is 88.8 Å². The second-order valence-electron chi connectivity index (χ2n) is 4.02. The molecule has 0 unspecified atom stereocenters. The molecule has 1 amide bonds. The number of ether oxygens (including phenoxy) is 1. The maximum Gasteiger partial charge on any atom is 0.305 e. The lowest BCUT2D eigenvalue weighted by Gasteiger charge is -2.11. The van der Waals surface area contributed by atoms with E-state index in [9.17, 15) is 9.59 Å². The molecule has 0 aromatic heterocycles. The highest BCUT2D eigenvalue weighted by molar-refractivity contribution is 5.78. The summed E-state index contributed by atoms with van der Waals surface area (Å²) in [6.45, 7) is 2.33. The molecule has 0 bridgehead atoms. The van der Waals surface area contributed by atoms with Crippen molar-refractivity contribution in [1.82, 2.24) is 5.32 Å². The van der Waals surface area contributed by atoms with Crippen LogP contribution < -0.4 is 5.32 Å². The molecule has 0 saturated heterocycles. The van der Waals surface area contributed by atoms with Crippen LogP contribution in [-0.4, -0.2) is 36.2 Å². The zero-order valence-corrected chi connectivity index (χ0v) is 8.86. The van der Waals surface area contributed by atoms with Crippen LogP contribution in [0.4, 0.5) is 0 Å². The highest BCUT2D eigenvalue weighted by atomic mass is 16.5. The van der Waals surface area contributed by atoms with Crippen molar-refractivity contribution in [3.05, 3.63) is 0 Å². The van der Waals surface area contributed by atoms with Crippen molar-refractivity contribution in [3.63, 3.8) is 0 Å². The van der Waals surface area contributed by atoms with E-state index >= 15 is 0 Å². The molecule has 2 N–H and O–H groups in total. The summed E-state index contributed by atoms with van der Waals surface area (Å²) < 4.78 is 5.17. The summed E-state index contributed by atoms with van der Waals surface area (Å²) >= 11 is 0. The molecule has 0 aromatic carbocycles. The Balaban J connectivity index is 2.02. The fraction of sp³-hybridized carbons (Fsp3) is 0.800. The number of carboxylic acids is 1. The van der Waals surface area contributed by atoms with E-state index in [0.717, 1.165) is 0 Å². The molecule has 0 radical (unpaired) electrons. The van der Waals surface area contributed by atoms with Crippen LogP contribution in [0.1, 0.15) is 26.2 Å². The number of hydrogen-bond acceptors (Lipinski definition) is 3. The zero-order valence-electron chi connectivity index (χ0n) is 8.86. The van der Waals surface area contributed by atoms with Gasteiger partial charge in [-0.2, -0.15) is 0 Å². The van der Waals surface area contributed by atoms with Crippen molar-refractivity contribution in [1.29, 1.82) is 0 Å². The van der Waals surface area contributed by atoms with Crippen LogP contribution >= 0.6 is 0 Å². The third kappa shape index (κ3) is 6.06. The van der Waals surface area contributed by atoms with Crippen LogP contribution in [-0.2, 0) is 14.3 Å². The number of carbonyl (C=O) groups is 2. The Morgan fingerprint density at radius 3 is 2.73 bits per heavy atom. The van der Waals surface area contributed by atoms with E-state index in [1.54, 1.807) is 6.92 Å². The summed E-state index contributed by atoms with van der Waals surface area (Å²) in [5.74, 6) is -0.527. The van der Waals surface area contributed by atoms with Gasteiger partial charge in [0.25, 0.3) is 0 Å². The monoisotopic (exact) mass is 215 g/mol. The fourth-order valence-electron chi connectivity index (χ4n) is 1.23. The van der Waals surface area contributed by atoms with Gasteiger partial charge in [0, 0.05) is 6.04 Å². The van der Waals surface area contributed by atoms with Gasteiger partial charge >= 0.3 is 5.97 Å². The van der Waals surface area contributed by atoms with Crippen molar-refractivity contribution in [2.45, 2.75) is 32.2 Å². The molecule has 1 aliphatic rings. The van der Waals surface area contributed by atoms with Gasteiger partial charge in [0.1, 0.15) is 6.61 Å². The zero-order chi connectivity index (χ0) is 11.3. The summed E-state index contributed by atoms with van der Waals surface area (Å²) in [6, 6.07) is -0.348. The maximum atomic E-state index is 11.2. The highest BCUT2D eigenvalue weighted by Crippen LogP contribution is 2.28. The Bertz CT molecular complexity index is 238. The molecule has 0 aliphatic heterocycles. The van der Waals surface area contributed by atoms with Gasteiger partial charge in [0.2, 0.25) is 5.91 Å². The minimum atomic E-state index is -0.915. The molecule has 1 aliphatic carbocycles. The van der Waals surface area contributed by atoms with E-state index in [4.69, 9.17) is 9.84 Å². The number of carbonyl (C=O) groups excluding carboxylic acids is 1. The van der Waals surface area contributed by atoms with Crippen LogP contribution in [0.3, 0.4) is 0 Å². The number of rotatable bonds is 7. The largest absolute Gasteiger partial charge is 0.481 e. The summed E-state index contributed by atoms with van der Waals surface area (Å²) in [6.07, 6.45) is 2.32. The molecule has 1 atom stereocenters. The van der Waals surface area contributed by atoms with Gasteiger partial charge in [0.15, 0.2) is 0 Å². The predicted octanol–water partition coefficient (Wildman–Crippen LogP) is 0.392. The first kappa shape index (κ1) is 12.0. The molecular formula is C10H17NO4. The van der Waals surface area contributed by atoms with Crippen molar-refractivity contribution >= 4 is 11.9 Å². The Morgan fingerprint density at radius 1 is 1.53 bits per heavy atom. The molecule has 1 fully saturated rings. The number of amides is 1. The summed E-state index contributed by atoms with van der Waals surface area (Å²) in [4.78, 5) is 21.5. The van der Waals surface area contributed by atoms with Crippen molar-refractivity contribution in [2.75, 3.05) is 13.2 Å². The Morgan fingerprint density at radius 2 is 2.20 bits per heavy atom. The fourth-order valence-corrected chi connectivity index (χ4v) is 1.23. The third-order valence-electron chi connectivity index (χ3n) is 2.17. The summed E-state index contributed by atoms with van der Waals surface area (Å²) in [7, 11) is 0. The minimum absolute atomic E-state index is 0.0282. The van der Waals surface area contributed by atoms with Gasteiger partial charge in [-0.3, -0.25) is 9.59 Å². The van der Waals surface area contributed by atoms with E-state index in [1.807, 2.05) is 0 Å². The first-order valence-electron chi connectivity index (χ1n) is 5.17. The summed E-state index contributed by atoms with van der Waals surface area (Å²) in [5, 5.41) is 11.0. The average molecular weight is 215 g/mol. The van der Waals surface area contributed by atoms with Crippen molar-refractivity contribution in [3.8, 4) is 0 Å². The second-order valence-corrected chi connectivity index (χ2v) is 4.02. The van der Waals surface area contributed by atoms with Crippen LogP contribution in [0.15, 0.2) is 0 Å². The molecule has 0 heterocycles. The lowest BCUT2D eigenvalue weighted by molar-refractivity contribution is -0.137. The van der Waals surface area contributed by atoms with Crippen LogP contribution in [0, 0.1) is 5.92 Å². The molecule has 1 rings (SSSR count). The normalized spacial score (nSPS) is 17.1. The molecular weight excluding hydrogens is 198 g/mol. The van der Waals surface area contributed by atoms with Gasteiger partial charge in [-0.05, 0) is 25.7 Å². The van der Waals surface area contributed by atoms with Crippen LogP contribution in [0.25, 0.3) is 0 Å². The predicted molar refractivity (Wildman–Crippen MR) is 53.4 cm³/mol. The first-order valence-corrected chi connectivity index (χ1v) is 5.17. The molecule has 1 saturated carbocycles. The number of hydrogen-bond donors (Lipinski definition) is 2. The Kier molecular flexibility index (Phi) is 4.55. The number of aliphatic carboxylic acids is 1. The van der Waals surface area contributed by atoms with Gasteiger partial charge in [-0.15, -0.1) is 0 Å². The molecule has 0 spiro atoms. The maximum absolute atomic E-state index is 11.2. The molecule has 15 heavy (non-hydrogen) atoms. The lowest BCUT2D eigenvalue weighted by Crippen LogP contribution is -2.36.